The van der Waals surface area contributed by atoms with Gasteiger partial charge in [0.15, 0.2) is 0 Å². The van der Waals surface area contributed by atoms with E-state index in [1.807, 2.05) is 11.8 Å². The average molecular weight is 369 g/mol. The van der Waals surface area contributed by atoms with E-state index in [2.05, 4.69) is 15.0 Å². The standard InChI is InChI=1S/C19H23N5O3/c1-2-27-16-13(4-3-9-21-16)17(26)24-10-7-19(8-11-24)6-5-12-14(19)22-18(20)23-15(12)25/h3-4,9H,2,5-8,10-11H2,1H3,(H3,20,22,23,25). The summed E-state index contributed by atoms with van der Waals surface area (Å²) in [5, 5.41) is 0. The molecule has 1 aliphatic heterocycles. The zero-order valence-electron chi connectivity index (χ0n) is 15.3. The molecule has 0 radical (unpaired) electrons. The first-order chi connectivity index (χ1) is 13.0. The molecule has 0 unspecified atom stereocenters. The van der Waals surface area contributed by atoms with Crippen molar-refractivity contribution in [2.24, 2.45) is 0 Å². The molecule has 0 saturated carbocycles. The Morgan fingerprint density at radius 1 is 1.37 bits per heavy atom. The molecule has 1 saturated heterocycles. The van der Waals surface area contributed by atoms with Crippen LogP contribution < -0.4 is 16.0 Å². The van der Waals surface area contributed by atoms with E-state index in [9.17, 15) is 9.59 Å². The van der Waals surface area contributed by atoms with Crippen LogP contribution in [0.25, 0.3) is 0 Å². The molecule has 1 spiro atoms. The number of pyridine rings is 1. The maximum atomic E-state index is 13.0. The fourth-order valence-corrected chi connectivity index (χ4v) is 4.27. The van der Waals surface area contributed by atoms with Gasteiger partial charge in [-0.3, -0.25) is 14.6 Å². The van der Waals surface area contributed by atoms with Crippen molar-refractivity contribution in [1.29, 1.82) is 0 Å². The summed E-state index contributed by atoms with van der Waals surface area (Å²) in [6.45, 7) is 3.53. The Labute approximate surface area is 156 Å². The molecule has 27 heavy (non-hydrogen) atoms. The van der Waals surface area contributed by atoms with Crippen LogP contribution in [0.1, 0.15) is 47.8 Å². The molecule has 2 aromatic rings. The third-order valence-corrected chi connectivity index (χ3v) is 5.68. The predicted molar refractivity (Wildman–Crippen MR) is 99.8 cm³/mol. The van der Waals surface area contributed by atoms with Gasteiger partial charge in [-0.05, 0) is 44.7 Å². The Balaban J connectivity index is 1.54. The summed E-state index contributed by atoms with van der Waals surface area (Å²) in [6.07, 6.45) is 4.75. The van der Waals surface area contributed by atoms with Gasteiger partial charge in [-0.25, -0.2) is 9.97 Å². The van der Waals surface area contributed by atoms with Crippen molar-refractivity contribution in [2.45, 2.75) is 38.0 Å². The fraction of sp³-hybridized carbons (Fsp3) is 0.474. The van der Waals surface area contributed by atoms with Crippen LogP contribution in [0, 0.1) is 0 Å². The lowest BCUT2D eigenvalue weighted by Gasteiger charge is -2.39. The second-order valence-corrected chi connectivity index (χ2v) is 7.14. The molecular formula is C19H23N5O3. The molecule has 0 aromatic carbocycles. The number of rotatable bonds is 3. The smallest absolute Gasteiger partial charge is 0.259 e. The van der Waals surface area contributed by atoms with Gasteiger partial charge in [0.25, 0.3) is 11.5 Å². The molecule has 4 rings (SSSR count). The fourth-order valence-electron chi connectivity index (χ4n) is 4.27. The third-order valence-electron chi connectivity index (χ3n) is 5.68. The van der Waals surface area contributed by atoms with Gasteiger partial charge in [0.05, 0.1) is 12.3 Å². The number of nitrogens with zero attached hydrogens (tertiary/aromatic N) is 3. The maximum Gasteiger partial charge on any atom is 0.259 e. The molecular weight excluding hydrogens is 346 g/mol. The van der Waals surface area contributed by atoms with Gasteiger partial charge in [-0.2, -0.15) is 0 Å². The second kappa shape index (κ2) is 6.68. The van der Waals surface area contributed by atoms with E-state index in [0.717, 1.165) is 30.5 Å². The zero-order chi connectivity index (χ0) is 19.0. The molecule has 8 heteroatoms. The highest BCUT2D eigenvalue weighted by Crippen LogP contribution is 2.44. The van der Waals surface area contributed by atoms with Crippen LogP contribution in [0.15, 0.2) is 23.1 Å². The average Bonchev–Trinajstić information content (AvgIpc) is 3.01. The Hall–Kier alpha value is -2.90. The first-order valence-electron chi connectivity index (χ1n) is 9.30. The van der Waals surface area contributed by atoms with Crippen molar-refractivity contribution < 1.29 is 9.53 Å². The van der Waals surface area contributed by atoms with E-state index in [0.29, 0.717) is 37.6 Å². The van der Waals surface area contributed by atoms with Gasteiger partial charge >= 0.3 is 0 Å². The second-order valence-electron chi connectivity index (χ2n) is 7.14. The summed E-state index contributed by atoms with van der Waals surface area (Å²) >= 11 is 0. The topological polar surface area (TPSA) is 114 Å². The van der Waals surface area contributed by atoms with Crippen LogP contribution in [0.4, 0.5) is 5.95 Å². The van der Waals surface area contributed by atoms with Gasteiger partial charge < -0.3 is 15.4 Å². The highest BCUT2D eigenvalue weighted by molar-refractivity contribution is 5.96. The van der Waals surface area contributed by atoms with E-state index in [1.165, 1.54) is 0 Å². The van der Waals surface area contributed by atoms with Crippen LogP contribution in [0.3, 0.4) is 0 Å². The van der Waals surface area contributed by atoms with Gasteiger partial charge in [-0.1, -0.05) is 0 Å². The minimum Gasteiger partial charge on any atom is -0.477 e. The molecule has 2 aliphatic rings. The summed E-state index contributed by atoms with van der Waals surface area (Å²) in [7, 11) is 0. The number of H-pyrrole nitrogens is 1. The van der Waals surface area contributed by atoms with Crippen molar-refractivity contribution in [3.05, 3.63) is 45.5 Å². The van der Waals surface area contributed by atoms with Crippen molar-refractivity contribution in [2.75, 3.05) is 25.4 Å². The Morgan fingerprint density at radius 3 is 2.89 bits per heavy atom. The molecule has 3 heterocycles. The van der Waals surface area contributed by atoms with E-state index >= 15 is 0 Å². The number of hydrogen-bond acceptors (Lipinski definition) is 6. The Bertz CT molecular complexity index is 931. The number of aromatic nitrogens is 3. The van der Waals surface area contributed by atoms with Crippen molar-refractivity contribution in [1.82, 2.24) is 19.9 Å². The van der Waals surface area contributed by atoms with E-state index in [1.54, 1.807) is 18.3 Å². The first-order valence-corrected chi connectivity index (χ1v) is 9.30. The number of carbonyl (C=O) groups is 1. The van der Waals surface area contributed by atoms with Crippen LogP contribution in [0.5, 0.6) is 5.88 Å². The van der Waals surface area contributed by atoms with Gasteiger partial charge in [0, 0.05) is 30.3 Å². The van der Waals surface area contributed by atoms with Gasteiger partial charge in [-0.15, -0.1) is 0 Å². The van der Waals surface area contributed by atoms with Gasteiger partial charge in [0.2, 0.25) is 11.8 Å². The summed E-state index contributed by atoms with van der Waals surface area (Å²) in [4.78, 5) is 38.2. The lowest BCUT2D eigenvalue weighted by molar-refractivity contribution is 0.0658. The van der Waals surface area contributed by atoms with E-state index in [4.69, 9.17) is 10.5 Å². The largest absolute Gasteiger partial charge is 0.477 e. The number of nitrogens with one attached hydrogen (secondary N) is 1. The zero-order valence-corrected chi connectivity index (χ0v) is 15.3. The van der Waals surface area contributed by atoms with Crippen molar-refractivity contribution in [3.63, 3.8) is 0 Å². The molecule has 2 aromatic heterocycles. The van der Waals surface area contributed by atoms with Crippen LogP contribution >= 0.6 is 0 Å². The molecule has 0 bridgehead atoms. The molecule has 1 fully saturated rings. The molecule has 142 valence electrons. The number of nitrogens with two attached hydrogens (primary N) is 1. The summed E-state index contributed by atoms with van der Waals surface area (Å²) < 4.78 is 5.49. The highest BCUT2D eigenvalue weighted by atomic mass is 16.5. The first kappa shape index (κ1) is 17.5. The quantitative estimate of drug-likeness (QED) is 0.842. The number of amides is 1. The Morgan fingerprint density at radius 2 is 2.15 bits per heavy atom. The van der Waals surface area contributed by atoms with Crippen molar-refractivity contribution >= 4 is 11.9 Å². The van der Waals surface area contributed by atoms with Crippen LogP contribution in [-0.4, -0.2) is 45.5 Å². The number of anilines is 1. The molecule has 0 atom stereocenters. The number of hydrogen-bond donors (Lipinski definition) is 2. The lowest BCUT2D eigenvalue weighted by Crippen LogP contribution is -2.45. The summed E-state index contributed by atoms with van der Waals surface area (Å²) in [5.41, 5.74) is 7.53. The predicted octanol–water partition coefficient (Wildman–Crippen LogP) is 1.27. The number of fused-ring (bicyclic) bond motifs is 2. The number of likely N-dealkylation sites (tertiary alicyclic amines) is 1. The minimum atomic E-state index is -0.161. The summed E-state index contributed by atoms with van der Waals surface area (Å²) in [5.74, 6) is 0.464. The van der Waals surface area contributed by atoms with E-state index < -0.39 is 0 Å². The molecule has 1 amide bonds. The van der Waals surface area contributed by atoms with Crippen molar-refractivity contribution in [3.8, 4) is 5.88 Å². The van der Waals surface area contributed by atoms with E-state index in [-0.39, 0.29) is 22.8 Å². The maximum absolute atomic E-state index is 13.0. The molecule has 1 aliphatic carbocycles. The highest BCUT2D eigenvalue weighted by Gasteiger charge is 2.44. The monoisotopic (exact) mass is 369 g/mol. The SMILES string of the molecule is CCOc1ncccc1C(=O)N1CCC2(CCc3c2nc(N)[nH]c3=O)CC1. The number of piperidine rings is 1. The number of ether oxygens (including phenoxy) is 1. The molecule has 3 N–H and O–H groups in total. The minimum absolute atomic E-state index is 0.0713. The van der Waals surface area contributed by atoms with Gasteiger partial charge in [0.1, 0.15) is 5.56 Å². The normalized spacial score (nSPS) is 17.7. The lowest BCUT2D eigenvalue weighted by atomic mass is 9.76. The van der Waals surface area contributed by atoms with Crippen LogP contribution in [-0.2, 0) is 11.8 Å². The number of nitrogen functional groups attached to an aromatic ring is 1. The molecule has 8 nitrogen and oxygen atoms in total. The summed E-state index contributed by atoms with van der Waals surface area (Å²) in [6, 6.07) is 3.49. The number of aromatic amines is 1. The van der Waals surface area contributed by atoms with Crippen LogP contribution in [0.2, 0.25) is 0 Å². The number of carbonyl (C=O) groups excluding carboxylic acids is 1. The third kappa shape index (κ3) is 2.94. The Kier molecular flexibility index (Phi) is 4.33.